The van der Waals surface area contributed by atoms with Gasteiger partial charge in [0, 0.05) is 12.3 Å². The number of fused-ring (bicyclic) bond motifs is 1. The molecule has 124 valence electrons. The lowest BCUT2D eigenvalue weighted by molar-refractivity contribution is -0.151. The molecular weight excluding hydrogens is 286 g/mol. The molecule has 3 rings (SSSR count). The summed E-state index contributed by atoms with van der Waals surface area (Å²) >= 11 is 0. The van der Waals surface area contributed by atoms with Crippen LogP contribution in [0.2, 0.25) is 0 Å². The van der Waals surface area contributed by atoms with E-state index in [0.29, 0.717) is 37.9 Å². The van der Waals surface area contributed by atoms with Crippen LogP contribution >= 0.6 is 0 Å². The van der Waals surface area contributed by atoms with Gasteiger partial charge >= 0.3 is 11.9 Å². The van der Waals surface area contributed by atoms with Gasteiger partial charge in [-0.05, 0) is 32.1 Å². The first-order valence-electron chi connectivity index (χ1n) is 8.22. The zero-order chi connectivity index (χ0) is 15.9. The van der Waals surface area contributed by atoms with Crippen LogP contribution in [0.4, 0.5) is 0 Å². The Balaban J connectivity index is 1.37. The Kier molecular flexibility index (Phi) is 4.16. The second-order valence-corrected chi connectivity index (χ2v) is 7.00. The lowest BCUT2D eigenvalue weighted by Gasteiger charge is -2.25. The average molecular weight is 311 g/mol. The van der Waals surface area contributed by atoms with Gasteiger partial charge in [-0.25, -0.2) is 0 Å². The zero-order valence-electron chi connectivity index (χ0n) is 13.2. The molecule has 2 saturated carbocycles. The summed E-state index contributed by atoms with van der Waals surface area (Å²) in [5.74, 6) is 0.512. The summed E-state index contributed by atoms with van der Waals surface area (Å²) < 4.78 is 16.5. The van der Waals surface area contributed by atoms with Crippen molar-refractivity contribution in [1.82, 2.24) is 0 Å². The van der Waals surface area contributed by atoms with Crippen LogP contribution in [0.25, 0.3) is 0 Å². The number of carbonyl (C=O) groups is 2. The molecule has 6 heteroatoms. The van der Waals surface area contributed by atoms with Gasteiger partial charge in [-0.3, -0.25) is 9.59 Å². The van der Waals surface area contributed by atoms with Gasteiger partial charge in [0.2, 0.25) is 0 Å². The fraction of sp³-hybridized carbons (Fsp3) is 0.875. The first-order chi connectivity index (χ1) is 10.4. The Bertz CT molecular complexity index is 463. The predicted molar refractivity (Wildman–Crippen MR) is 77.8 cm³/mol. The zero-order valence-corrected chi connectivity index (χ0v) is 13.2. The maximum absolute atomic E-state index is 11.7. The van der Waals surface area contributed by atoms with E-state index in [1.165, 1.54) is 0 Å². The van der Waals surface area contributed by atoms with Crippen LogP contribution in [0.5, 0.6) is 0 Å². The molecule has 1 heterocycles. The molecule has 0 aromatic heterocycles. The number of nitrogens with two attached hydrogens (primary N) is 1. The highest BCUT2D eigenvalue weighted by atomic mass is 16.6. The van der Waals surface area contributed by atoms with Gasteiger partial charge in [-0.15, -0.1) is 0 Å². The highest BCUT2D eigenvalue weighted by Crippen LogP contribution is 2.55. The molecule has 1 saturated heterocycles. The van der Waals surface area contributed by atoms with Crippen molar-refractivity contribution < 1.29 is 23.8 Å². The molecule has 1 aliphatic heterocycles. The van der Waals surface area contributed by atoms with E-state index in [1.807, 2.05) is 6.92 Å². The largest absolute Gasteiger partial charge is 0.464 e. The molecule has 3 fully saturated rings. The smallest absolute Gasteiger partial charge is 0.325 e. The van der Waals surface area contributed by atoms with E-state index in [9.17, 15) is 9.59 Å². The van der Waals surface area contributed by atoms with E-state index >= 15 is 0 Å². The molecule has 0 radical (unpaired) electrons. The molecule has 6 nitrogen and oxygen atoms in total. The van der Waals surface area contributed by atoms with Crippen molar-refractivity contribution in [2.24, 2.45) is 23.5 Å². The highest BCUT2D eigenvalue weighted by Gasteiger charge is 2.62. The van der Waals surface area contributed by atoms with E-state index in [2.05, 4.69) is 0 Å². The number of ether oxygens (including phenoxy) is 3. The minimum Gasteiger partial charge on any atom is -0.464 e. The Morgan fingerprint density at radius 3 is 2.91 bits per heavy atom. The summed E-state index contributed by atoms with van der Waals surface area (Å²) in [6.45, 7) is 4.34. The molecule has 0 aromatic rings. The van der Waals surface area contributed by atoms with E-state index in [1.54, 1.807) is 6.92 Å². The van der Waals surface area contributed by atoms with Crippen molar-refractivity contribution in [3.05, 3.63) is 0 Å². The van der Waals surface area contributed by atoms with Crippen LogP contribution in [0.3, 0.4) is 0 Å². The van der Waals surface area contributed by atoms with Crippen molar-refractivity contribution in [1.29, 1.82) is 0 Å². The Labute approximate surface area is 130 Å². The number of carbonyl (C=O) groups excluding carboxylic acids is 2. The fourth-order valence-electron chi connectivity index (χ4n) is 3.88. The standard InChI is InChI=1S/C16H25NO5/c1-3-16(2,17)15(19)21-6-4-5-20-12-9-7-10-11(8-9)14(18)22-13(10)12/h9-13H,3-8,17H2,1-2H3. The van der Waals surface area contributed by atoms with E-state index < -0.39 is 5.54 Å². The van der Waals surface area contributed by atoms with Gasteiger partial charge < -0.3 is 19.9 Å². The minimum atomic E-state index is -0.918. The summed E-state index contributed by atoms with van der Waals surface area (Å²) in [4.78, 5) is 23.4. The third-order valence-corrected chi connectivity index (χ3v) is 5.45. The van der Waals surface area contributed by atoms with Crippen molar-refractivity contribution in [3.8, 4) is 0 Å². The maximum atomic E-state index is 11.7. The average Bonchev–Trinajstić information content (AvgIpc) is 3.10. The second-order valence-electron chi connectivity index (χ2n) is 7.00. The third-order valence-electron chi connectivity index (χ3n) is 5.45. The van der Waals surface area contributed by atoms with Crippen molar-refractivity contribution in [2.45, 2.75) is 57.3 Å². The Morgan fingerprint density at radius 1 is 1.41 bits per heavy atom. The topological polar surface area (TPSA) is 87.9 Å². The van der Waals surface area contributed by atoms with Crippen LogP contribution in [-0.4, -0.2) is 42.9 Å². The van der Waals surface area contributed by atoms with Crippen LogP contribution in [0.1, 0.15) is 39.5 Å². The summed E-state index contributed by atoms with van der Waals surface area (Å²) in [6, 6.07) is 0. The maximum Gasteiger partial charge on any atom is 0.325 e. The molecule has 3 aliphatic rings. The SMILES string of the molecule is CCC(C)(N)C(=O)OCCCOC1C2CC3C(=O)OC1C3C2. The molecule has 2 aliphatic carbocycles. The fourth-order valence-corrected chi connectivity index (χ4v) is 3.88. The van der Waals surface area contributed by atoms with Gasteiger partial charge in [0.15, 0.2) is 0 Å². The molecule has 0 aromatic carbocycles. The highest BCUT2D eigenvalue weighted by molar-refractivity contribution is 5.79. The van der Waals surface area contributed by atoms with E-state index in [4.69, 9.17) is 19.9 Å². The molecule has 6 atom stereocenters. The molecule has 2 N–H and O–H groups in total. The number of hydrogen-bond acceptors (Lipinski definition) is 6. The van der Waals surface area contributed by atoms with Crippen LogP contribution in [-0.2, 0) is 23.8 Å². The summed E-state index contributed by atoms with van der Waals surface area (Å²) in [5.41, 5.74) is 4.90. The molecule has 22 heavy (non-hydrogen) atoms. The second kappa shape index (κ2) is 5.81. The molecule has 2 bridgehead atoms. The predicted octanol–water partition coefficient (Wildman–Crippen LogP) is 1.01. The van der Waals surface area contributed by atoms with Gasteiger partial charge in [0.25, 0.3) is 0 Å². The van der Waals surface area contributed by atoms with Crippen molar-refractivity contribution in [2.75, 3.05) is 13.2 Å². The number of esters is 2. The van der Waals surface area contributed by atoms with Gasteiger partial charge in [-0.2, -0.15) is 0 Å². The van der Waals surface area contributed by atoms with Crippen LogP contribution in [0, 0.1) is 17.8 Å². The molecular formula is C16H25NO5. The van der Waals surface area contributed by atoms with Crippen LogP contribution < -0.4 is 5.73 Å². The Hall–Kier alpha value is -1.14. The monoisotopic (exact) mass is 311 g/mol. The molecule has 0 amide bonds. The van der Waals surface area contributed by atoms with Gasteiger partial charge in [0.05, 0.1) is 25.2 Å². The van der Waals surface area contributed by atoms with E-state index in [-0.39, 0.29) is 30.1 Å². The first-order valence-corrected chi connectivity index (χ1v) is 8.22. The summed E-state index contributed by atoms with van der Waals surface area (Å²) in [5, 5.41) is 0. The Morgan fingerprint density at radius 2 is 2.18 bits per heavy atom. The van der Waals surface area contributed by atoms with Gasteiger partial charge in [-0.1, -0.05) is 6.92 Å². The number of hydrogen-bond donors (Lipinski definition) is 1. The first kappa shape index (κ1) is 15.7. The normalized spacial score (nSPS) is 38.0. The van der Waals surface area contributed by atoms with Gasteiger partial charge in [0.1, 0.15) is 11.6 Å². The minimum absolute atomic E-state index is 0.0267. The lowest BCUT2D eigenvalue weighted by atomic mass is 9.88. The van der Waals surface area contributed by atoms with Crippen molar-refractivity contribution >= 4 is 11.9 Å². The van der Waals surface area contributed by atoms with Crippen molar-refractivity contribution in [3.63, 3.8) is 0 Å². The summed E-state index contributed by atoms with van der Waals surface area (Å²) in [7, 11) is 0. The quantitative estimate of drug-likeness (QED) is 0.558. The molecule has 0 spiro atoms. The third kappa shape index (κ3) is 2.63. The van der Waals surface area contributed by atoms with Crippen LogP contribution in [0.15, 0.2) is 0 Å². The lowest BCUT2D eigenvalue weighted by Crippen LogP contribution is -2.45. The molecule has 6 unspecified atom stereocenters. The number of rotatable bonds is 7. The summed E-state index contributed by atoms with van der Waals surface area (Å²) in [6.07, 6.45) is 3.10. The van der Waals surface area contributed by atoms with E-state index in [0.717, 1.165) is 12.8 Å².